The van der Waals surface area contributed by atoms with Gasteiger partial charge in [-0.2, -0.15) is 0 Å². The molecule has 23 heavy (non-hydrogen) atoms. The number of hydrogen-bond donors (Lipinski definition) is 2. The highest BCUT2D eigenvalue weighted by atomic mass is 19.1. The molecule has 2 aromatic rings. The summed E-state index contributed by atoms with van der Waals surface area (Å²) in [4.78, 5) is 11.9. The van der Waals surface area contributed by atoms with Crippen molar-refractivity contribution in [3.63, 3.8) is 0 Å². The van der Waals surface area contributed by atoms with Gasteiger partial charge in [-0.25, -0.2) is 8.78 Å². The van der Waals surface area contributed by atoms with Crippen LogP contribution in [-0.4, -0.2) is 12.5 Å². The molecule has 0 bridgehead atoms. The van der Waals surface area contributed by atoms with E-state index in [0.717, 1.165) is 17.7 Å². The molecule has 0 unspecified atom stereocenters. The van der Waals surface area contributed by atoms with Crippen LogP contribution in [0.5, 0.6) is 0 Å². The first-order chi connectivity index (χ1) is 10.8. The molecule has 2 rings (SSSR count). The number of hydrogen-bond acceptors (Lipinski definition) is 2. The van der Waals surface area contributed by atoms with Crippen LogP contribution in [0.1, 0.15) is 26.3 Å². The molecular formula is C18H20F2N2O. The van der Waals surface area contributed by atoms with Crippen LogP contribution in [0.2, 0.25) is 0 Å². The number of nitrogens with one attached hydrogen (secondary N) is 2. The zero-order chi connectivity index (χ0) is 17.0. The van der Waals surface area contributed by atoms with Gasteiger partial charge in [0.15, 0.2) is 0 Å². The van der Waals surface area contributed by atoms with Gasteiger partial charge < -0.3 is 10.6 Å². The van der Waals surface area contributed by atoms with Crippen LogP contribution in [-0.2, 0) is 10.2 Å². The average molecular weight is 318 g/mol. The van der Waals surface area contributed by atoms with Gasteiger partial charge in [-0.15, -0.1) is 0 Å². The molecule has 1 amide bonds. The molecule has 2 N–H and O–H groups in total. The van der Waals surface area contributed by atoms with Gasteiger partial charge in [0.25, 0.3) is 0 Å². The number of amides is 1. The smallest absolute Gasteiger partial charge is 0.243 e. The average Bonchev–Trinajstić information content (AvgIpc) is 2.46. The molecule has 0 fully saturated rings. The highest BCUT2D eigenvalue weighted by Crippen LogP contribution is 2.23. The van der Waals surface area contributed by atoms with Gasteiger partial charge in [-0.05, 0) is 35.2 Å². The standard InChI is InChI=1S/C18H20F2N2O/c1-18(2,3)12-7-9-13(10-8-12)22-16(23)11-21-17-14(19)5-4-6-15(17)20/h4-10,21H,11H2,1-3H3,(H,22,23). The van der Waals surface area contributed by atoms with Gasteiger partial charge in [0.2, 0.25) is 5.91 Å². The number of rotatable bonds is 4. The predicted octanol–water partition coefficient (Wildman–Crippen LogP) is 4.31. The Kier molecular flexibility index (Phi) is 4.98. The second-order valence-corrected chi connectivity index (χ2v) is 6.33. The minimum absolute atomic E-state index is 0.0342. The molecule has 0 heterocycles. The molecular weight excluding hydrogens is 298 g/mol. The van der Waals surface area contributed by atoms with Crippen LogP contribution in [0, 0.1) is 11.6 Å². The summed E-state index contributed by atoms with van der Waals surface area (Å²) in [7, 11) is 0. The molecule has 3 nitrogen and oxygen atoms in total. The van der Waals surface area contributed by atoms with Crippen molar-refractivity contribution in [3.8, 4) is 0 Å². The molecule has 0 aromatic heterocycles. The first-order valence-electron chi connectivity index (χ1n) is 7.35. The third-order valence-electron chi connectivity index (χ3n) is 3.42. The zero-order valence-electron chi connectivity index (χ0n) is 13.4. The Morgan fingerprint density at radius 1 is 1.00 bits per heavy atom. The molecule has 122 valence electrons. The number of carbonyl (C=O) groups excluding carboxylic acids is 1. The fourth-order valence-corrected chi connectivity index (χ4v) is 2.09. The summed E-state index contributed by atoms with van der Waals surface area (Å²) in [5.74, 6) is -1.84. The third-order valence-corrected chi connectivity index (χ3v) is 3.42. The molecule has 0 aliphatic rings. The SMILES string of the molecule is CC(C)(C)c1ccc(NC(=O)CNc2c(F)cccc2F)cc1. The molecule has 0 aliphatic heterocycles. The zero-order valence-corrected chi connectivity index (χ0v) is 13.4. The molecule has 5 heteroatoms. The van der Waals surface area contributed by atoms with Gasteiger partial charge in [0.1, 0.15) is 17.3 Å². The minimum atomic E-state index is -0.729. The lowest BCUT2D eigenvalue weighted by Crippen LogP contribution is -2.22. The third kappa shape index (κ3) is 4.52. The van der Waals surface area contributed by atoms with E-state index in [-0.39, 0.29) is 23.6 Å². The van der Waals surface area contributed by atoms with Crippen molar-refractivity contribution in [1.29, 1.82) is 0 Å². The van der Waals surface area contributed by atoms with Crippen LogP contribution >= 0.6 is 0 Å². The summed E-state index contributed by atoms with van der Waals surface area (Å²) in [6.45, 7) is 6.09. The normalized spacial score (nSPS) is 11.2. The molecule has 0 radical (unpaired) electrons. The first kappa shape index (κ1) is 16.9. The Bertz CT molecular complexity index is 671. The van der Waals surface area contributed by atoms with E-state index in [1.807, 2.05) is 24.3 Å². The van der Waals surface area contributed by atoms with Crippen molar-refractivity contribution in [1.82, 2.24) is 0 Å². The minimum Gasteiger partial charge on any atom is -0.371 e. The Labute approximate surface area is 134 Å². The Morgan fingerprint density at radius 3 is 2.09 bits per heavy atom. The van der Waals surface area contributed by atoms with Crippen LogP contribution in [0.4, 0.5) is 20.2 Å². The van der Waals surface area contributed by atoms with Gasteiger partial charge in [0, 0.05) is 5.69 Å². The number of halogens is 2. The number of carbonyl (C=O) groups is 1. The van der Waals surface area contributed by atoms with E-state index in [0.29, 0.717) is 5.69 Å². The number of anilines is 2. The molecule has 0 saturated heterocycles. The lowest BCUT2D eigenvalue weighted by molar-refractivity contribution is -0.114. The Balaban J connectivity index is 1.95. The Morgan fingerprint density at radius 2 is 1.57 bits per heavy atom. The van der Waals surface area contributed by atoms with E-state index in [4.69, 9.17) is 0 Å². The van der Waals surface area contributed by atoms with E-state index in [2.05, 4.69) is 31.4 Å². The molecule has 0 atom stereocenters. The van der Waals surface area contributed by atoms with Crippen molar-refractivity contribution in [3.05, 3.63) is 59.7 Å². The van der Waals surface area contributed by atoms with E-state index in [9.17, 15) is 13.6 Å². The van der Waals surface area contributed by atoms with Gasteiger partial charge in [0.05, 0.1) is 6.54 Å². The second kappa shape index (κ2) is 6.77. The highest BCUT2D eigenvalue weighted by Gasteiger charge is 2.13. The van der Waals surface area contributed by atoms with Crippen LogP contribution in [0.25, 0.3) is 0 Å². The maximum atomic E-state index is 13.4. The van der Waals surface area contributed by atoms with E-state index in [1.54, 1.807) is 0 Å². The van der Waals surface area contributed by atoms with Gasteiger partial charge in [-0.1, -0.05) is 39.0 Å². The van der Waals surface area contributed by atoms with Crippen molar-refractivity contribution in [2.24, 2.45) is 0 Å². The first-order valence-corrected chi connectivity index (χ1v) is 7.35. The predicted molar refractivity (Wildman–Crippen MR) is 88.6 cm³/mol. The van der Waals surface area contributed by atoms with Crippen LogP contribution in [0.3, 0.4) is 0 Å². The van der Waals surface area contributed by atoms with Crippen molar-refractivity contribution < 1.29 is 13.6 Å². The Hall–Kier alpha value is -2.43. The lowest BCUT2D eigenvalue weighted by atomic mass is 9.87. The van der Waals surface area contributed by atoms with Gasteiger partial charge >= 0.3 is 0 Å². The quantitative estimate of drug-likeness (QED) is 0.882. The maximum absolute atomic E-state index is 13.4. The fraction of sp³-hybridized carbons (Fsp3) is 0.278. The largest absolute Gasteiger partial charge is 0.371 e. The molecule has 0 aliphatic carbocycles. The van der Waals surface area contributed by atoms with E-state index in [1.165, 1.54) is 6.07 Å². The summed E-state index contributed by atoms with van der Waals surface area (Å²) < 4.78 is 26.9. The lowest BCUT2D eigenvalue weighted by Gasteiger charge is -2.19. The van der Waals surface area contributed by atoms with Crippen molar-refractivity contribution in [2.45, 2.75) is 26.2 Å². The molecule has 0 spiro atoms. The van der Waals surface area contributed by atoms with E-state index < -0.39 is 11.6 Å². The highest BCUT2D eigenvalue weighted by molar-refractivity contribution is 5.93. The molecule has 2 aromatic carbocycles. The fourth-order valence-electron chi connectivity index (χ4n) is 2.09. The maximum Gasteiger partial charge on any atom is 0.243 e. The second-order valence-electron chi connectivity index (χ2n) is 6.33. The summed E-state index contributed by atoms with van der Waals surface area (Å²) in [5.41, 5.74) is 1.53. The number of para-hydroxylation sites is 1. The van der Waals surface area contributed by atoms with Gasteiger partial charge in [-0.3, -0.25) is 4.79 Å². The number of benzene rings is 2. The summed E-state index contributed by atoms with van der Waals surface area (Å²) in [6, 6.07) is 11.0. The topological polar surface area (TPSA) is 41.1 Å². The molecule has 0 saturated carbocycles. The van der Waals surface area contributed by atoms with Crippen molar-refractivity contribution >= 4 is 17.3 Å². The summed E-state index contributed by atoms with van der Waals surface area (Å²) >= 11 is 0. The summed E-state index contributed by atoms with van der Waals surface area (Å²) in [6.07, 6.45) is 0. The van der Waals surface area contributed by atoms with Crippen LogP contribution < -0.4 is 10.6 Å². The summed E-state index contributed by atoms with van der Waals surface area (Å²) in [5, 5.41) is 5.16. The van der Waals surface area contributed by atoms with Crippen LogP contribution in [0.15, 0.2) is 42.5 Å². The monoisotopic (exact) mass is 318 g/mol. The van der Waals surface area contributed by atoms with E-state index >= 15 is 0 Å². The van der Waals surface area contributed by atoms with Crippen molar-refractivity contribution in [2.75, 3.05) is 17.2 Å².